The smallest absolute Gasteiger partial charge is 0.303 e. The average Bonchev–Trinajstić information content (AvgIpc) is 1.84. The minimum atomic E-state index is -0.718. The van der Waals surface area contributed by atoms with E-state index in [-0.39, 0.29) is 31.8 Å². The van der Waals surface area contributed by atoms with Gasteiger partial charge in [0.15, 0.2) is 0 Å². The van der Waals surface area contributed by atoms with Crippen LogP contribution in [0.2, 0.25) is 0 Å². The van der Waals surface area contributed by atoms with Crippen LogP contribution in [-0.2, 0) is 38.1 Å². The van der Waals surface area contributed by atoms with E-state index in [1.54, 1.807) is 0 Å². The van der Waals surface area contributed by atoms with Crippen molar-refractivity contribution in [2.45, 2.75) is 333 Å². The molecule has 4 aliphatic rings. The van der Waals surface area contributed by atoms with Gasteiger partial charge in [0, 0.05) is 25.7 Å². The Hall–Kier alpha value is -5.40. The number of ether oxygens (including phenoxy) is 4. The zero-order valence-corrected chi connectivity index (χ0v) is 57.8. The van der Waals surface area contributed by atoms with E-state index in [1.165, 1.54) is 103 Å². The second kappa shape index (κ2) is 63.0. The number of carbonyl (C=O) groups is 4. The Morgan fingerprint density at radius 1 is 0.239 bits per heavy atom. The monoisotopic (exact) mass is 1280 g/mol. The first-order chi connectivity index (χ1) is 44.9. The van der Waals surface area contributed by atoms with Gasteiger partial charge in [-0.1, -0.05) is 231 Å². The van der Waals surface area contributed by atoms with Crippen molar-refractivity contribution in [2.75, 3.05) is 0 Å². The summed E-state index contributed by atoms with van der Waals surface area (Å²) in [5.74, 6) is -2.86. The van der Waals surface area contributed by atoms with Crippen molar-refractivity contribution in [2.24, 2.45) is 0 Å². The highest BCUT2D eigenvalue weighted by atomic mass is 16.6. The number of epoxide rings is 4. The summed E-state index contributed by atoms with van der Waals surface area (Å²) in [4.78, 5) is 41.5. The molecule has 12 nitrogen and oxygen atoms in total. The number of hydrogen-bond acceptors (Lipinski definition) is 8. The molecule has 4 aliphatic heterocycles. The van der Waals surface area contributed by atoms with Crippen LogP contribution in [0.15, 0.2) is 146 Å². The van der Waals surface area contributed by atoms with Crippen molar-refractivity contribution < 1.29 is 58.6 Å². The number of allylic oxidation sites excluding steroid dienone is 18. The number of unbranched alkanes of at least 4 members (excludes halogenated alkanes) is 14. The fourth-order valence-corrected chi connectivity index (χ4v) is 9.88. The lowest BCUT2D eigenvalue weighted by Gasteiger charge is -1.93. The van der Waals surface area contributed by atoms with Gasteiger partial charge < -0.3 is 39.4 Å². The van der Waals surface area contributed by atoms with E-state index in [2.05, 4.69) is 174 Å². The molecule has 0 spiro atoms. The van der Waals surface area contributed by atoms with Gasteiger partial charge in [-0.05, 0) is 173 Å². The number of carboxylic acid groups (broad SMARTS) is 4. The fourth-order valence-electron chi connectivity index (χ4n) is 9.88. The van der Waals surface area contributed by atoms with E-state index in [4.69, 9.17) is 39.4 Å². The van der Waals surface area contributed by atoms with Crippen LogP contribution in [0, 0.1) is 0 Å². The molecular weight excluding hydrogens is 1150 g/mol. The molecule has 4 heterocycles. The van der Waals surface area contributed by atoms with Gasteiger partial charge in [0.25, 0.3) is 0 Å². The molecule has 0 saturated carbocycles. The quantitative estimate of drug-likeness (QED) is 0.0256. The number of aliphatic carboxylic acids is 4. The maximum Gasteiger partial charge on any atom is 0.303 e. The summed E-state index contributed by atoms with van der Waals surface area (Å²) in [6.45, 7) is 8.93. The van der Waals surface area contributed by atoms with E-state index in [9.17, 15) is 19.2 Å². The average molecular weight is 1280 g/mol. The normalized spacial score (nSPS) is 20.9. The molecule has 0 radical (unpaired) electrons. The zero-order valence-electron chi connectivity index (χ0n) is 57.8. The number of carboxylic acids is 4. The summed E-state index contributed by atoms with van der Waals surface area (Å²) < 4.78 is 22.5. The Labute approximate surface area is 559 Å². The van der Waals surface area contributed by atoms with Crippen LogP contribution >= 0.6 is 0 Å². The zero-order chi connectivity index (χ0) is 67.0. The lowest BCUT2D eigenvalue weighted by Crippen LogP contribution is -1.97. The van der Waals surface area contributed by atoms with Gasteiger partial charge in [0.2, 0.25) is 0 Å². The Kier molecular flexibility index (Phi) is 58.0. The van der Waals surface area contributed by atoms with Crippen LogP contribution in [0.1, 0.15) is 285 Å². The third kappa shape index (κ3) is 60.8. The molecule has 0 aromatic heterocycles. The second-order valence-corrected chi connectivity index (χ2v) is 24.5. The lowest BCUT2D eigenvalue weighted by molar-refractivity contribution is -0.138. The summed E-state index contributed by atoms with van der Waals surface area (Å²) in [6.07, 6.45) is 95.2. The Morgan fingerprint density at radius 2 is 0.435 bits per heavy atom. The van der Waals surface area contributed by atoms with Crippen molar-refractivity contribution in [3.63, 3.8) is 0 Å². The van der Waals surface area contributed by atoms with Crippen molar-refractivity contribution in [3.05, 3.63) is 146 Å². The highest BCUT2D eigenvalue weighted by molar-refractivity contribution is 5.67. The molecule has 0 aromatic carbocycles. The molecular formula is C80H128O12. The molecule has 4 fully saturated rings. The molecule has 520 valence electrons. The van der Waals surface area contributed by atoms with Gasteiger partial charge in [0.1, 0.15) is 0 Å². The number of rotatable bonds is 56. The summed E-state index contributed by atoms with van der Waals surface area (Å²) in [5, 5.41) is 34.1. The van der Waals surface area contributed by atoms with Gasteiger partial charge in [0.05, 0.1) is 48.8 Å². The summed E-state index contributed by atoms with van der Waals surface area (Å²) >= 11 is 0. The van der Waals surface area contributed by atoms with E-state index in [1.807, 2.05) is 0 Å². The Bertz CT molecular complexity index is 2190. The molecule has 4 rings (SSSR count). The van der Waals surface area contributed by atoms with E-state index < -0.39 is 23.9 Å². The molecule has 0 aliphatic carbocycles. The fraction of sp³-hybridized carbons (Fsp3) is 0.650. The molecule has 4 N–H and O–H groups in total. The van der Waals surface area contributed by atoms with E-state index in [0.29, 0.717) is 42.7 Å². The lowest BCUT2D eigenvalue weighted by atomic mass is 10.1. The predicted octanol–water partition coefficient (Wildman–Crippen LogP) is 21.7. The highest BCUT2D eigenvalue weighted by Gasteiger charge is 2.38. The van der Waals surface area contributed by atoms with Crippen LogP contribution in [0.5, 0.6) is 0 Å². The van der Waals surface area contributed by atoms with Crippen LogP contribution in [0.3, 0.4) is 0 Å². The third-order valence-electron chi connectivity index (χ3n) is 15.8. The minimum Gasteiger partial charge on any atom is -0.481 e. The molecule has 0 amide bonds. The highest BCUT2D eigenvalue weighted by Crippen LogP contribution is 2.32. The maximum absolute atomic E-state index is 10.4. The first-order valence-electron chi connectivity index (χ1n) is 36.2. The van der Waals surface area contributed by atoms with Crippen molar-refractivity contribution in [3.8, 4) is 0 Å². The molecule has 0 unspecified atom stereocenters. The molecule has 0 aromatic rings. The van der Waals surface area contributed by atoms with Crippen LogP contribution in [-0.4, -0.2) is 93.1 Å². The van der Waals surface area contributed by atoms with E-state index in [0.717, 1.165) is 128 Å². The predicted molar refractivity (Wildman–Crippen MR) is 382 cm³/mol. The van der Waals surface area contributed by atoms with Crippen molar-refractivity contribution in [1.82, 2.24) is 0 Å². The minimum absolute atomic E-state index is 0.250. The van der Waals surface area contributed by atoms with Gasteiger partial charge in [-0.25, -0.2) is 0 Å². The van der Waals surface area contributed by atoms with Gasteiger partial charge in [-0.2, -0.15) is 0 Å². The standard InChI is InChI=1S/4C20H32O3/c1-2-3-12-15-18-19(23-18)16-13-10-8-6-4-5-7-9-11-14-17-20(21)22;1-2-3-4-5-9-12-15-18-19(23-18)16-13-10-7-6-8-11-14-17-20(21)22;1-2-3-4-5-6-7-8-9-12-15-18-19(23-18)16-13-10-11-14-17-20(21)22;1-2-3-4-5-6-7-8-9-10-11-12-13-15-18-19(23-18)16-14-17-20(21)22/h4,6-7,9-10,13,18-19H,2-3,5,8,11-12,14-17H2,1H3,(H,21,22);6,8-10,12-13,18-19H,2-5,7,11,14-17H2,1H3,(H,21,22);2*6-7,9-10,12-13,18-19H,2-5,8,11,14-17H2,1H3,(H,21,22)/b6-4-,9-7-,13-10-;8-6-,12-9-,13-10-;7-6-,12-9-,13-10-;7-6-,10-9-,13-12-/t4*18-,19+/m1111/s1. The molecule has 8 atom stereocenters. The summed E-state index contributed by atoms with van der Waals surface area (Å²) in [5.41, 5.74) is 0. The van der Waals surface area contributed by atoms with Crippen molar-refractivity contribution in [1.29, 1.82) is 0 Å². The molecule has 12 heteroatoms. The van der Waals surface area contributed by atoms with E-state index >= 15 is 0 Å². The Morgan fingerprint density at radius 3 is 0.717 bits per heavy atom. The van der Waals surface area contributed by atoms with Gasteiger partial charge in [-0.15, -0.1) is 0 Å². The van der Waals surface area contributed by atoms with Crippen molar-refractivity contribution >= 4 is 23.9 Å². The SMILES string of the molecule is CCCCC/C=C\C/C=C\C/C=C\C[C@H]1O[C@H]1CCCC(=O)O.CCCCC/C=C\C/C=C\C[C@H]1O[C@H]1C/C=C\CCCC(=O)O.CCCCC/C=C\C[C@H]1O[C@H]1C/C=C\C/C=C\CCCC(=O)O.CCCCC[C@H]1O[C@H]1C/C=C\C/C=C\C/C=C\CCCC(=O)O. The van der Waals surface area contributed by atoms with Gasteiger partial charge in [-0.3, -0.25) is 19.2 Å². The topological polar surface area (TPSA) is 199 Å². The molecule has 92 heavy (non-hydrogen) atoms. The number of hydrogen-bond donors (Lipinski definition) is 4. The Balaban J connectivity index is 0.000000613. The second-order valence-electron chi connectivity index (χ2n) is 24.5. The summed E-state index contributed by atoms with van der Waals surface area (Å²) in [7, 11) is 0. The first kappa shape index (κ1) is 84.6. The largest absolute Gasteiger partial charge is 0.481 e. The summed E-state index contributed by atoms with van der Waals surface area (Å²) in [6, 6.07) is 0. The molecule has 0 bridgehead atoms. The maximum atomic E-state index is 10.4. The van der Waals surface area contributed by atoms with Crippen LogP contribution in [0.25, 0.3) is 0 Å². The van der Waals surface area contributed by atoms with Gasteiger partial charge >= 0.3 is 23.9 Å². The third-order valence-corrected chi connectivity index (χ3v) is 15.8. The van der Waals surface area contributed by atoms with Crippen LogP contribution in [0.4, 0.5) is 0 Å². The molecule has 4 saturated heterocycles. The first-order valence-corrected chi connectivity index (χ1v) is 36.2. The van der Waals surface area contributed by atoms with Crippen LogP contribution < -0.4 is 0 Å².